The molecule has 0 unspecified atom stereocenters. The van der Waals surface area contributed by atoms with Crippen LogP contribution in [-0.4, -0.2) is 39.1 Å². The summed E-state index contributed by atoms with van der Waals surface area (Å²) in [6.07, 6.45) is 5.03. The van der Waals surface area contributed by atoms with Crippen LogP contribution in [0.25, 0.3) is 28.2 Å². The quantitative estimate of drug-likeness (QED) is 0.523. The van der Waals surface area contributed by atoms with Crippen LogP contribution in [0.2, 0.25) is 5.02 Å². The van der Waals surface area contributed by atoms with E-state index < -0.39 is 0 Å². The van der Waals surface area contributed by atoms with Gasteiger partial charge in [-0.3, -0.25) is 9.36 Å². The van der Waals surface area contributed by atoms with Gasteiger partial charge in [0.2, 0.25) is 5.82 Å². The Morgan fingerprint density at radius 2 is 2.00 bits per heavy atom. The van der Waals surface area contributed by atoms with Crippen molar-refractivity contribution in [3.8, 4) is 11.5 Å². The third-order valence-corrected chi connectivity index (χ3v) is 3.34. The Labute approximate surface area is 117 Å². The first-order valence-electron chi connectivity index (χ1n) is 5.86. The fourth-order valence-electron chi connectivity index (χ4n) is 2.15. The second kappa shape index (κ2) is 3.76. The highest BCUT2D eigenvalue weighted by Crippen LogP contribution is 2.25. The lowest BCUT2D eigenvalue weighted by molar-refractivity contribution is 0.768. The van der Waals surface area contributed by atoms with Crippen LogP contribution in [0.1, 0.15) is 0 Å². The predicted molar refractivity (Wildman–Crippen MR) is 72.3 cm³/mol. The van der Waals surface area contributed by atoms with Gasteiger partial charge >= 0.3 is 0 Å². The van der Waals surface area contributed by atoms with E-state index in [1.54, 1.807) is 39.6 Å². The molecule has 4 aromatic heterocycles. The minimum absolute atomic E-state index is 0.466. The lowest BCUT2D eigenvalue weighted by Crippen LogP contribution is -1.95. The highest BCUT2D eigenvalue weighted by Gasteiger charge is 2.16. The summed E-state index contributed by atoms with van der Waals surface area (Å²) in [7, 11) is 3.63. The third-order valence-electron chi connectivity index (χ3n) is 3.06. The number of aryl methyl sites for hydroxylation is 2. The molecule has 0 radical (unpaired) electrons. The summed E-state index contributed by atoms with van der Waals surface area (Å²) in [6.45, 7) is 0. The van der Waals surface area contributed by atoms with Gasteiger partial charge in [0, 0.05) is 20.3 Å². The molecule has 0 saturated carbocycles. The van der Waals surface area contributed by atoms with Crippen molar-refractivity contribution in [2.75, 3.05) is 0 Å². The van der Waals surface area contributed by atoms with Crippen LogP contribution in [0.5, 0.6) is 0 Å². The van der Waals surface area contributed by atoms with Gasteiger partial charge in [0.1, 0.15) is 6.33 Å². The number of nitrogens with zero attached hydrogens (tertiary/aromatic N) is 8. The van der Waals surface area contributed by atoms with Gasteiger partial charge in [-0.15, -0.1) is 5.10 Å². The van der Waals surface area contributed by atoms with Crippen molar-refractivity contribution in [1.29, 1.82) is 0 Å². The zero-order chi connectivity index (χ0) is 13.9. The Morgan fingerprint density at radius 1 is 1.15 bits per heavy atom. The SMILES string of the molecule is Cn1cc(Cl)c(-c2nc3c4cnn(C)c4ncn3n2)n1. The van der Waals surface area contributed by atoms with Crippen molar-refractivity contribution in [3.05, 3.63) is 23.7 Å². The molecular weight excluding hydrogens is 280 g/mol. The molecule has 9 heteroatoms. The molecule has 4 rings (SSSR count). The molecule has 100 valence electrons. The van der Waals surface area contributed by atoms with Crippen molar-refractivity contribution in [1.82, 2.24) is 39.1 Å². The minimum Gasteiger partial charge on any atom is -0.274 e. The first kappa shape index (κ1) is 11.4. The first-order valence-corrected chi connectivity index (χ1v) is 6.24. The molecule has 0 saturated heterocycles. The van der Waals surface area contributed by atoms with Crippen LogP contribution < -0.4 is 0 Å². The van der Waals surface area contributed by atoms with Gasteiger partial charge < -0.3 is 0 Å². The number of aromatic nitrogens is 8. The zero-order valence-electron chi connectivity index (χ0n) is 10.7. The van der Waals surface area contributed by atoms with Crippen LogP contribution in [0.3, 0.4) is 0 Å². The van der Waals surface area contributed by atoms with Gasteiger partial charge in [0.05, 0.1) is 16.6 Å². The Bertz CT molecular complexity index is 946. The van der Waals surface area contributed by atoms with E-state index >= 15 is 0 Å². The number of rotatable bonds is 1. The molecule has 0 aliphatic rings. The average Bonchev–Trinajstić information content (AvgIpc) is 3.06. The van der Waals surface area contributed by atoms with Crippen molar-refractivity contribution in [2.24, 2.45) is 14.1 Å². The van der Waals surface area contributed by atoms with E-state index in [0.717, 1.165) is 11.0 Å². The fraction of sp³-hybridized carbons (Fsp3) is 0.182. The summed E-state index contributed by atoms with van der Waals surface area (Å²) in [5.74, 6) is 0.466. The number of halogens is 1. The minimum atomic E-state index is 0.466. The van der Waals surface area contributed by atoms with E-state index in [-0.39, 0.29) is 0 Å². The maximum Gasteiger partial charge on any atom is 0.204 e. The Hall–Kier alpha value is -2.48. The maximum atomic E-state index is 6.12. The smallest absolute Gasteiger partial charge is 0.204 e. The second-order valence-electron chi connectivity index (χ2n) is 4.45. The fourth-order valence-corrected chi connectivity index (χ4v) is 2.41. The third kappa shape index (κ3) is 1.45. The molecule has 20 heavy (non-hydrogen) atoms. The summed E-state index contributed by atoms with van der Waals surface area (Å²) in [6, 6.07) is 0. The van der Waals surface area contributed by atoms with E-state index in [4.69, 9.17) is 11.6 Å². The summed E-state index contributed by atoms with van der Waals surface area (Å²) < 4.78 is 4.92. The van der Waals surface area contributed by atoms with Gasteiger partial charge in [0.25, 0.3) is 0 Å². The molecule has 0 amide bonds. The standard InChI is InChI=1S/C11H9ClN8/c1-18-4-7(12)8(16-18)9-15-11-6-3-14-19(2)10(6)13-5-20(11)17-9/h3-5H,1-2H3. The van der Waals surface area contributed by atoms with Crippen molar-refractivity contribution in [3.63, 3.8) is 0 Å². The van der Waals surface area contributed by atoms with Crippen molar-refractivity contribution < 1.29 is 0 Å². The van der Waals surface area contributed by atoms with Crippen LogP contribution in [0.15, 0.2) is 18.7 Å². The number of hydrogen-bond acceptors (Lipinski definition) is 5. The average molecular weight is 289 g/mol. The molecule has 0 atom stereocenters. The summed E-state index contributed by atoms with van der Waals surface area (Å²) in [5.41, 5.74) is 1.98. The lowest BCUT2D eigenvalue weighted by atomic mass is 10.4. The van der Waals surface area contributed by atoms with Gasteiger partial charge in [0.15, 0.2) is 17.0 Å². The largest absolute Gasteiger partial charge is 0.274 e. The molecule has 4 heterocycles. The molecule has 0 N–H and O–H groups in total. The summed E-state index contributed by atoms with van der Waals surface area (Å²) >= 11 is 6.12. The molecule has 0 aliphatic heterocycles. The first-order chi connectivity index (χ1) is 9.63. The van der Waals surface area contributed by atoms with Crippen LogP contribution in [0, 0.1) is 0 Å². The molecule has 0 spiro atoms. The van der Waals surface area contributed by atoms with Gasteiger partial charge in [-0.1, -0.05) is 11.6 Å². The topological polar surface area (TPSA) is 78.7 Å². The van der Waals surface area contributed by atoms with Crippen LogP contribution in [-0.2, 0) is 14.1 Å². The normalized spacial score (nSPS) is 11.8. The predicted octanol–water partition coefficient (Wildman–Crippen LogP) is 1.06. The van der Waals surface area contributed by atoms with Crippen LogP contribution >= 0.6 is 11.6 Å². The Kier molecular flexibility index (Phi) is 2.14. The second-order valence-corrected chi connectivity index (χ2v) is 4.86. The highest BCUT2D eigenvalue weighted by atomic mass is 35.5. The van der Waals surface area contributed by atoms with E-state index in [0.29, 0.717) is 22.2 Å². The monoisotopic (exact) mass is 288 g/mol. The Morgan fingerprint density at radius 3 is 2.75 bits per heavy atom. The van der Waals surface area contributed by atoms with Crippen molar-refractivity contribution in [2.45, 2.75) is 0 Å². The molecule has 4 aromatic rings. The number of hydrogen-bond donors (Lipinski definition) is 0. The summed E-state index contributed by atoms with van der Waals surface area (Å²) in [4.78, 5) is 8.80. The summed E-state index contributed by atoms with van der Waals surface area (Å²) in [5, 5.41) is 14.2. The van der Waals surface area contributed by atoms with E-state index in [2.05, 4.69) is 25.3 Å². The van der Waals surface area contributed by atoms with Gasteiger partial charge in [-0.25, -0.2) is 14.5 Å². The van der Waals surface area contributed by atoms with E-state index in [1.165, 1.54) is 0 Å². The maximum absolute atomic E-state index is 6.12. The van der Waals surface area contributed by atoms with E-state index in [1.807, 2.05) is 7.05 Å². The molecule has 0 fully saturated rings. The molecular formula is C11H9ClN8. The van der Waals surface area contributed by atoms with Gasteiger partial charge in [-0.2, -0.15) is 10.2 Å². The number of fused-ring (bicyclic) bond motifs is 3. The van der Waals surface area contributed by atoms with Crippen LogP contribution in [0.4, 0.5) is 0 Å². The molecule has 0 aromatic carbocycles. The zero-order valence-corrected chi connectivity index (χ0v) is 11.4. The lowest BCUT2D eigenvalue weighted by Gasteiger charge is -1.93. The van der Waals surface area contributed by atoms with E-state index in [9.17, 15) is 0 Å². The molecule has 8 nitrogen and oxygen atoms in total. The Balaban J connectivity index is 2.03. The van der Waals surface area contributed by atoms with Gasteiger partial charge in [-0.05, 0) is 0 Å². The van der Waals surface area contributed by atoms with Crippen molar-refractivity contribution >= 4 is 28.3 Å². The molecule has 0 bridgehead atoms. The molecule has 0 aliphatic carbocycles. The highest BCUT2D eigenvalue weighted by molar-refractivity contribution is 6.32.